The van der Waals surface area contributed by atoms with Crippen LogP contribution in [0.25, 0.3) is 0 Å². The van der Waals surface area contributed by atoms with Gasteiger partial charge in [-0.05, 0) is 26.8 Å². The number of aryl methyl sites for hydroxylation is 2. The topological polar surface area (TPSA) is 69.2 Å². The summed E-state index contributed by atoms with van der Waals surface area (Å²) in [5.74, 6) is -0.879. The number of aliphatic carboxylic acids is 1. The van der Waals surface area contributed by atoms with E-state index in [-0.39, 0.29) is 5.92 Å². The summed E-state index contributed by atoms with van der Waals surface area (Å²) in [6.45, 7) is 6.29. The molecular weight excluding hydrogens is 206 g/mol. The molecule has 5 nitrogen and oxygen atoms in total. The van der Waals surface area contributed by atoms with Gasteiger partial charge in [-0.2, -0.15) is 5.10 Å². The van der Waals surface area contributed by atoms with Crippen molar-refractivity contribution in [2.24, 2.45) is 5.92 Å². The molecule has 0 spiro atoms. The third-order valence-electron chi connectivity index (χ3n) is 3.28. The Labute approximate surface area is 94.5 Å². The van der Waals surface area contributed by atoms with Crippen LogP contribution in [0, 0.1) is 19.8 Å². The zero-order valence-corrected chi connectivity index (χ0v) is 9.66. The number of H-pyrrole nitrogens is 1. The fourth-order valence-corrected chi connectivity index (χ4v) is 2.21. The van der Waals surface area contributed by atoms with E-state index in [4.69, 9.17) is 5.11 Å². The second kappa shape index (κ2) is 4.25. The number of nitrogens with zero attached hydrogens (tertiary/aromatic N) is 2. The van der Waals surface area contributed by atoms with Gasteiger partial charge in [-0.1, -0.05) is 0 Å². The second-order valence-corrected chi connectivity index (χ2v) is 4.47. The average Bonchev–Trinajstić information content (AvgIpc) is 2.80. The van der Waals surface area contributed by atoms with Crippen LogP contribution < -0.4 is 0 Å². The van der Waals surface area contributed by atoms with Crippen LogP contribution in [-0.4, -0.2) is 39.3 Å². The van der Waals surface area contributed by atoms with Gasteiger partial charge in [0.05, 0.1) is 11.6 Å². The number of rotatable bonds is 3. The molecule has 0 radical (unpaired) electrons. The molecule has 2 heterocycles. The summed E-state index contributed by atoms with van der Waals surface area (Å²) in [4.78, 5) is 13.0. The number of likely N-dealkylation sites (tertiary alicyclic amines) is 1. The summed E-state index contributed by atoms with van der Waals surface area (Å²) in [6.07, 6.45) is 0.755. The molecule has 1 unspecified atom stereocenters. The van der Waals surface area contributed by atoms with Gasteiger partial charge >= 0.3 is 5.97 Å². The minimum absolute atomic E-state index is 0.201. The quantitative estimate of drug-likeness (QED) is 0.800. The van der Waals surface area contributed by atoms with Crippen LogP contribution in [0.4, 0.5) is 0 Å². The molecule has 0 saturated carbocycles. The largest absolute Gasteiger partial charge is 0.481 e. The first-order chi connectivity index (χ1) is 7.58. The molecule has 2 rings (SSSR count). The molecule has 88 valence electrons. The van der Waals surface area contributed by atoms with Crippen LogP contribution in [-0.2, 0) is 11.3 Å². The first kappa shape index (κ1) is 11.1. The van der Waals surface area contributed by atoms with Gasteiger partial charge in [0.15, 0.2) is 0 Å². The summed E-state index contributed by atoms with van der Waals surface area (Å²) in [5, 5.41) is 16.0. The number of hydrogen-bond acceptors (Lipinski definition) is 3. The molecule has 1 saturated heterocycles. The molecule has 2 N–H and O–H groups in total. The smallest absolute Gasteiger partial charge is 0.307 e. The average molecular weight is 223 g/mol. The molecule has 0 amide bonds. The fourth-order valence-electron chi connectivity index (χ4n) is 2.21. The Hall–Kier alpha value is -1.36. The SMILES string of the molecule is Cc1n[nH]c(C)c1CN1CCC(C(=O)O)C1. The van der Waals surface area contributed by atoms with Gasteiger partial charge in [0.2, 0.25) is 0 Å². The normalized spacial score (nSPS) is 21.5. The van der Waals surface area contributed by atoms with E-state index in [9.17, 15) is 4.79 Å². The van der Waals surface area contributed by atoms with Gasteiger partial charge in [0.1, 0.15) is 0 Å². The minimum atomic E-state index is -0.678. The highest BCUT2D eigenvalue weighted by Gasteiger charge is 2.28. The minimum Gasteiger partial charge on any atom is -0.481 e. The number of carboxylic acid groups (broad SMARTS) is 1. The van der Waals surface area contributed by atoms with E-state index < -0.39 is 5.97 Å². The monoisotopic (exact) mass is 223 g/mol. The molecule has 0 aliphatic carbocycles. The van der Waals surface area contributed by atoms with Gasteiger partial charge < -0.3 is 5.11 Å². The summed E-state index contributed by atoms with van der Waals surface area (Å²) in [5.41, 5.74) is 3.29. The summed E-state index contributed by atoms with van der Waals surface area (Å²) < 4.78 is 0. The van der Waals surface area contributed by atoms with Crippen molar-refractivity contribution in [3.63, 3.8) is 0 Å². The van der Waals surface area contributed by atoms with Gasteiger partial charge in [0, 0.05) is 24.3 Å². The summed E-state index contributed by atoms with van der Waals surface area (Å²) >= 11 is 0. The van der Waals surface area contributed by atoms with Crippen molar-refractivity contribution in [2.75, 3.05) is 13.1 Å². The van der Waals surface area contributed by atoms with E-state index in [1.165, 1.54) is 5.56 Å². The predicted molar refractivity (Wildman–Crippen MR) is 59.1 cm³/mol. The highest BCUT2D eigenvalue weighted by atomic mass is 16.4. The first-order valence-corrected chi connectivity index (χ1v) is 5.53. The van der Waals surface area contributed by atoms with Crippen LogP contribution >= 0.6 is 0 Å². The Morgan fingerprint density at radius 3 is 2.88 bits per heavy atom. The Morgan fingerprint density at radius 1 is 1.62 bits per heavy atom. The van der Waals surface area contributed by atoms with Crippen molar-refractivity contribution in [1.82, 2.24) is 15.1 Å². The molecule has 16 heavy (non-hydrogen) atoms. The lowest BCUT2D eigenvalue weighted by atomic mass is 10.1. The van der Waals surface area contributed by atoms with Crippen molar-refractivity contribution in [2.45, 2.75) is 26.8 Å². The number of carbonyl (C=O) groups is 1. The Kier molecular flexibility index (Phi) is 2.96. The van der Waals surface area contributed by atoms with E-state index >= 15 is 0 Å². The number of carboxylic acids is 1. The summed E-state index contributed by atoms with van der Waals surface area (Å²) in [7, 11) is 0. The van der Waals surface area contributed by atoms with Crippen molar-refractivity contribution >= 4 is 5.97 Å². The van der Waals surface area contributed by atoms with Gasteiger partial charge in [0.25, 0.3) is 0 Å². The number of hydrogen-bond donors (Lipinski definition) is 2. The Morgan fingerprint density at radius 2 is 2.38 bits per heavy atom. The van der Waals surface area contributed by atoms with Crippen LogP contribution in [0.2, 0.25) is 0 Å². The van der Waals surface area contributed by atoms with E-state index in [1.54, 1.807) is 0 Å². The van der Waals surface area contributed by atoms with Crippen molar-refractivity contribution < 1.29 is 9.90 Å². The molecule has 1 fully saturated rings. The van der Waals surface area contributed by atoms with Crippen LogP contribution in [0.1, 0.15) is 23.4 Å². The maximum atomic E-state index is 10.8. The van der Waals surface area contributed by atoms with Crippen LogP contribution in [0.15, 0.2) is 0 Å². The maximum absolute atomic E-state index is 10.8. The second-order valence-electron chi connectivity index (χ2n) is 4.47. The van der Waals surface area contributed by atoms with Gasteiger partial charge in [-0.3, -0.25) is 14.8 Å². The highest BCUT2D eigenvalue weighted by molar-refractivity contribution is 5.70. The molecule has 1 aromatic heterocycles. The Balaban J connectivity index is 2.00. The van der Waals surface area contributed by atoms with E-state index in [0.717, 1.165) is 30.9 Å². The molecule has 1 aromatic rings. The summed E-state index contributed by atoms with van der Waals surface area (Å²) in [6, 6.07) is 0. The van der Waals surface area contributed by atoms with Crippen LogP contribution in [0.5, 0.6) is 0 Å². The zero-order valence-electron chi connectivity index (χ0n) is 9.66. The molecule has 1 atom stereocenters. The third-order valence-corrected chi connectivity index (χ3v) is 3.28. The lowest BCUT2D eigenvalue weighted by molar-refractivity contribution is -0.141. The molecule has 1 aliphatic rings. The highest BCUT2D eigenvalue weighted by Crippen LogP contribution is 2.20. The lowest BCUT2D eigenvalue weighted by Gasteiger charge is -2.15. The number of aromatic amines is 1. The van der Waals surface area contributed by atoms with Crippen molar-refractivity contribution in [3.05, 3.63) is 17.0 Å². The Bertz CT molecular complexity index is 380. The lowest BCUT2D eigenvalue weighted by Crippen LogP contribution is -2.23. The first-order valence-electron chi connectivity index (χ1n) is 5.53. The van der Waals surface area contributed by atoms with E-state index in [2.05, 4.69) is 15.1 Å². The molecule has 5 heteroatoms. The zero-order chi connectivity index (χ0) is 11.7. The number of aromatic nitrogens is 2. The van der Waals surface area contributed by atoms with Gasteiger partial charge in [-0.25, -0.2) is 0 Å². The predicted octanol–water partition coefficient (Wildman–Crippen LogP) is 0.933. The fraction of sp³-hybridized carbons (Fsp3) is 0.636. The van der Waals surface area contributed by atoms with Gasteiger partial charge in [-0.15, -0.1) is 0 Å². The molecule has 0 bridgehead atoms. The standard InChI is InChI=1S/C11H17N3O2/c1-7-10(8(2)13-12-7)6-14-4-3-9(5-14)11(15)16/h9H,3-6H2,1-2H3,(H,12,13)(H,15,16). The molecule has 0 aromatic carbocycles. The van der Waals surface area contributed by atoms with E-state index in [1.807, 2.05) is 13.8 Å². The van der Waals surface area contributed by atoms with Crippen LogP contribution in [0.3, 0.4) is 0 Å². The van der Waals surface area contributed by atoms with Crippen molar-refractivity contribution in [3.8, 4) is 0 Å². The number of nitrogens with one attached hydrogen (secondary N) is 1. The van der Waals surface area contributed by atoms with Crippen molar-refractivity contribution in [1.29, 1.82) is 0 Å². The third kappa shape index (κ3) is 2.09. The molecular formula is C11H17N3O2. The van der Waals surface area contributed by atoms with E-state index in [0.29, 0.717) is 6.54 Å². The molecule has 1 aliphatic heterocycles. The maximum Gasteiger partial charge on any atom is 0.307 e.